The first-order valence-corrected chi connectivity index (χ1v) is 6.88. The molecule has 5 nitrogen and oxygen atoms in total. The highest BCUT2D eigenvalue weighted by atomic mass is 16.5. The summed E-state index contributed by atoms with van der Waals surface area (Å²) < 4.78 is 11.1. The minimum Gasteiger partial charge on any atom is -0.481 e. The van der Waals surface area contributed by atoms with Gasteiger partial charge in [-0.1, -0.05) is 6.92 Å². The van der Waals surface area contributed by atoms with Gasteiger partial charge in [-0.25, -0.2) is 0 Å². The number of nitrogens with zero attached hydrogens (tertiary/aromatic N) is 1. The van der Waals surface area contributed by atoms with Crippen molar-refractivity contribution in [2.45, 2.75) is 38.3 Å². The maximum absolute atomic E-state index is 11.2. The van der Waals surface area contributed by atoms with E-state index in [0.717, 1.165) is 32.5 Å². The molecule has 3 unspecified atom stereocenters. The van der Waals surface area contributed by atoms with Gasteiger partial charge in [0.05, 0.1) is 25.2 Å². The predicted molar refractivity (Wildman–Crippen MR) is 66.6 cm³/mol. The molecule has 0 saturated carbocycles. The van der Waals surface area contributed by atoms with Crippen molar-refractivity contribution in [2.75, 3.05) is 32.9 Å². The molecule has 0 aromatic carbocycles. The Kier molecular flexibility index (Phi) is 4.97. The number of carboxylic acids is 1. The average Bonchev–Trinajstić information content (AvgIpc) is 2.86. The van der Waals surface area contributed by atoms with Gasteiger partial charge >= 0.3 is 5.97 Å². The van der Waals surface area contributed by atoms with Gasteiger partial charge in [0.15, 0.2) is 0 Å². The Labute approximate surface area is 108 Å². The molecule has 0 amide bonds. The summed E-state index contributed by atoms with van der Waals surface area (Å²) in [5, 5.41) is 9.20. The van der Waals surface area contributed by atoms with Crippen molar-refractivity contribution < 1.29 is 19.4 Å². The second-order valence-corrected chi connectivity index (χ2v) is 5.13. The molecule has 1 N–H and O–H groups in total. The summed E-state index contributed by atoms with van der Waals surface area (Å²) in [5.41, 5.74) is 0. The Morgan fingerprint density at radius 3 is 2.83 bits per heavy atom. The van der Waals surface area contributed by atoms with Crippen molar-refractivity contribution in [1.82, 2.24) is 4.90 Å². The van der Waals surface area contributed by atoms with E-state index >= 15 is 0 Å². The van der Waals surface area contributed by atoms with Crippen LogP contribution in [0.25, 0.3) is 0 Å². The molecule has 2 aliphatic heterocycles. The maximum atomic E-state index is 11.2. The van der Waals surface area contributed by atoms with Crippen molar-refractivity contribution in [3.05, 3.63) is 0 Å². The molecule has 2 heterocycles. The van der Waals surface area contributed by atoms with Crippen LogP contribution < -0.4 is 0 Å². The molecule has 3 atom stereocenters. The van der Waals surface area contributed by atoms with E-state index in [1.807, 2.05) is 0 Å². The standard InChI is InChI=1S/C13H23NO4/c1-2-14(7-10-5-3-4-6-18-10)12-9-17-8-11(12)13(15)16/h10-12H,2-9H2,1H3,(H,15,16). The molecule has 0 spiro atoms. The largest absolute Gasteiger partial charge is 0.481 e. The number of carboxylic acid groups (broad SMARTS) is 1. The third-order valence-corrected chi connectivity index (χ3v) is 3.96. The second kappa shape index (κ2) is 6.50. The fourth-order valence-electron chi connectivity index (χ4n) is 2.85. The first-order valence-electron chi connectivity index (χ1n) is 6.88. The van der Waals surface area contributed by atoms with E-state index in [2.05, 4.69) is 11.8 Å². The number of aliphatic carboxylic acids is 1. The van der Waals surface area contributed by atoms with Crippen LogP contribution in [0.4, 0.5) is 0 Å². The van der Waals surface area contributed by atoms with E-state index in [-0.39, 0.29) is 12.1 Å². The van der Waals surface area contributed by atoms with Gasteiger partial charge in [0.1, 0.15) is 0 Å². The van der Waals surface area contributed by atoms with Crippen molar-refractivity contribution in [1.29, 1.82) is 0 Å². The van der Waals surface area contributed by atoms with Gasteiger partial charge in [-0.3, -0.25) is 9.69 Å². The van der Waals surface area contributed by atoms with Crippen LogP contribution in [0.5, 0.6) is 0 Å². The molecule has 2 aliphatic rings. The number of hydrogen-bond acceptors (Lipinski definition) is 4. The Hall–Kier alpha value is -0.650. The fourth-order valence-corrected chi connectivity index (χ4v) is 2.85. The molecule has 5 heteroatoms. The lowest BCUT2D eigenvalue weighted by Crippen LogP contribution is -2.47. The van der Waals surface area contributed by atoms with Gasteiger partial charge in [-0.2, -0.15) is 0 Å². The number of likely N-dealkylation sites (N-methyl/N-ethyl adjacent to an activating group) is 1. The summed E-state index contributed by atoms with van der Waals surface area (Å²) in [6.45, 7) is 5.44. The topological polar surface area (TPSA) is 59.0 Å². The van der Waals surface area contributed by atoms with E-state index in [9.17, 15) is 9.90 Å². The zero-order valence-electron chi connectivity index (χ0n) is 11.0. The quantitative estimate of drug-likeness (QED) is 0.795. The van der Waals surface area contributed by atoms with E-state index in [4.69, 9.17) is 9.47 Å². The molecule has 2 fully saturated rings. The SMILES string of the molecule is CCN(CC1CCCCO1)C1COCC1C(=O)O. The lowest BCUT2D eigenvalue weighted by molar-refractivity contribution is -0.143. The highest BCUT2D eigenvalue weighted by Crippen LogP contribution is 2.22. The summed E-state index contributed by atoms with van der Waals surface area (Å²) in [6.07, 6.45) is 3.70. The predicted octanol–water partition coefficient (Wildman–Crippen LogP) is 0.977. The molecular formula is C13H23NO4. The third kappa shape index (κ3) is 3.22. The summed E-state index contributed by atoms with van der Waals surface area (Å²) in [7, 11) is 0. The van der Waals surface area contributed by atoms with E-state index in [1.54, 1.807) is 0 Å². The molecule has 104 valence electrons. The fraction of sp³-hybridized carbons (Fsp3) is 0.923. The lowest BCUT2D eigenvalue weighted by Gasteiger charge is -2.33. The minimum absolute atomic E-state index is 0.00183. The molecule has 2 rings (SSSR count). The number of ether oxygens (including phenoxy) is 2. The summed E-state index contributed by atoms with van der Waals surface area (Å²) in [5.74, 6) is -1.14. The monoisotopic (exact) mass is 257 g/mol. The van der Waals surface area contributed by atoms with Crippen LogP contribution in [0.3, 0.4) is 0 Å². The second-order valence-electron chi connectivity index (χ2n) is 5.13. The average molecular weight is 257 g/mol. The smallest absolute Gasteiger partial charge is 0.310 e. The Morgan fingerprint density at radius 2 is 2.22 bits per heavy atom. The summed E-state index contributed by atoms with van der Waals surface area (Å²) in [4.78, 5) is 13.4. The zero-order chi connectivity index (χ0) is 13.0. The lowest BCUT2D eigenvalue weighted by atomic mass is 10.0. The first kappa shape index (κ1) is 13.8. The number of rotatable bonds is 5. The third-order valence-electron chi connectivity index (χ3n) is 3.96. The molecule has 0 bridgehead atoms. The van der Waals surface area contributed by atoms with Crippen LogP contribution in [-0.4, -0.2) is 61.0 Å². The molecule has 2 saturated heterocycles. The van der Waals surface area contributed by atoms with Gasteiger partial charge in [0.2, 0.25) is 0 Å². The molecule has 0 aromatic rings. The minimum atomic E-state index is -0.750. The highest BCUT2D eigenvalue weighted by molar-refractivity contribution is 5.71. The number of carbonyl (C=O) groups is 1. The van der Waals surface area contributed by atoms with Gasteiger partial charge < -0.3 is 14.6 Å². The molecule has 18 heavy (non-hydrogen) atoms. The van der Waals surface area contributed by atoms with E-state index < -0.39 is 11.9 Å². The van der Waals surface area contributed by atoms with Gasteiger partial charge in [-0.05, 0) is 25.8 Å². The highest BCUT2D eigenvalue weighted by Gasteiger charge is 2.38. The normalized spacial score (nSPS) is 32.9. The van der Waals surface area contributed by atoms with Crippen molar-refractivity contribution >= 4 is 5.97 Å². The van der Waals surface area contributed by atoms with Crippen LogP contribution in [0.15, 0.2) is 0 Å². The summed E-state index contributed by atoms with van der Waals surface area (Å²) >= 11 is 0. The van der Waals surface area contributed by atoms with Crippen LogP contribution in [0.2, 0.25) is 0 Å². The summed E-state index contributed by atoms with van der Waals surface area (Å²) in [6, 6.07) is -0.00183. The zero-order valence-corrected chi connectivity index (χ0v) is 11.0. The maximum Gasteiger partial charge on any atom is 0.310 e. The van der Waals surface area contributed by atoms with Gasteiger partial charge in [0, 0.05) is 19.2 Å². The van der Waals surface area contributed by atoms with Crippen LogP contribution >= 0.6 is 0 Å². The van der Waals surface area contributed by atoms with E-state index in [0.29, 0.717) is 13.2 Å². The molecular weight excluding hydrogens is 234 g/mol. The Balaban J connectivity index is 1.92. The van der Waals surface area contributed by atoms with Gasteiger partial charge in [0.25, 0.3) is 0 Å². The van der Waals surface area contributed by atoms with Crippen LogP contribution in [-0.2, 0) is 14.3 Å². The van der Waals surface area contributed by atoms with Gasteiger partial charge in [-0.15, -0.1) is 0 Å². The molecule has 0 aromatic heterocycles. The van der Waals surface area contributed by atoms with E-state index in [1.165, 1.54) is 6.42 Å². The Bertz CT molecular complexity index is 278. The molecule has 0 radical (unpaired) electrons. The Morgan fingerprint density at radius 1 is 1.39 bits per heavy atom. The number of hydrogen-bond donors (Lipinski definition) is 1. The first-order chi connectivity index (χ1) is 8.72. The van der Waals surface area contributed by atoms with Crippen LogP contribution in [0, 0.1) is 5.92 Å². The van der Waals surface area contributed by atoms with Crippen molar-refractivity contribution in [2.24, 2.45) is 5.92 Å². The van der Waals surface area contributed by atoms with Crippen LogP contribution in [0.1, 0.15) is 26.2 Å². The molecule has 0 aliphatic carbocycles. The van der Waals surface area contributed by atoms with Crippen molar-refractivity contribution in [3.63, 3.8) is 0 Å². The van der Waals surface area contributed by atoms with Crippen molar-refractivity contribution in [3.8, 4) is 0 Å².